The summed E-state index contributed by atoms with van der Waals surface area (Å²) in [5, 5.41) is 11.6. The van der Waals surface area contributed by atoms with Gasteiger partial charge in [-0.2, -0.15) is 0 Å². The third-order valence-electron chi connectivity index (χ3n) is 2.60. The Hall–Kier alpha value is -1.01. The molecule has 2 rings (SSSR count). The van der Waals surface area contributed by atoms with Crippen molar-refractivity contribution < 1.29 is 4.79 Å². The van der Waals surface area contributed by atoms with Gasteiger partial charge in [0.25, 0.3) is 5.91 Å². The quantitative estimate of drug-likeness (QED) is 0.776. The Labute approximate surface area is 92.4 Å². The average Bonchev–Trinajstić information content (AvgIpc) is 2.81. The highest BCUT2D eigenvalue weighted by Gasteiger charge is 2.15. The van der Waals surface area contributed by atoms with Crippen LogP contribution in [0.25, 0.3) is 0 Å². The first-order valence-electron chi connectivity index (χ1n) is 5.12. The summed E-state index contributed by atoms with van der Waals surface area (Å²) in [5.41, 5.74) is 0.425. The molecule has 0 aromatic carbocycles. The molecule has 0 bridgehead atoms. The van der Waals surface area contributed by atoms with Gasteiger partial charge in [0.05, 0.1) is 0 Å². The van der Waals surface area contributed by atoms with E-state index in [0.29, 0.717) is 11.6 Å². The van der Waals surface area contributed by atoms with E-state index in [1.807, 2.05) is 0 Å². The van der Waals surface area contributed by atoms with Crippen LogP contribution in [0, 0.1) is 5.92 Å². The zero-order valence-corrected chi connectivity index (χ0v) is 9.22. The predicted molar refractivity (Wildman–Crippen MR) is 57.8 cm³/mol. The van der Waals surface area contributed by atoms with Crippen LogP contribution in [0.1, 0.15) is 23.3 Å². The maximum atomic E-state index is 11.5. The minimum Gasteiger partial charge on any atom is -0.350 e. The van der Waals surface area contributed by atoms with Gasteiger partial charge >= 0.3 is 0 Å². The van der Waals surface area contributed by atoms with Crippen LogP contribution in [0.4, 0.5) is 0 Å². The van der Waals surface area contributed by atoms with Gasteiger partial charge in [-0.25, -0.2) is 0 Å². The van der Waals surface area contributed by atoms with Crippen LogP contribution < -0.4 is 10.6 Å². The molecule has 0 atom stereocenters. The van der Waals surface area contributed by atoms with Crippen molar-refractivity contribution in [3.05, 3.63) is 11.1 Å². The van der Waals surface area contributed by atoms with E-state index in [0.717, 1.165) is 32.5 Å². The van der Waals surface area contributed by atoms with E-state index in [-0.39, 0.29) is 5.91 Å². The Morgan fingerprint density at radius 1 is 1.60 bits per heavy atom. The van der Waals surface area contributed by atoms with Crippen molar-refractivity contribution in [3.8, 4) is 0 Å². The highest BCUT2D eigenvalue weighted by atomic mass is 32.1. The molecular formula is C9H14N4OS. The van der Waals surface area contributed by atoms with Crippen molar-refractivity contribution >= 4 is 17.4 Å². The molecule has 6 heteroatoms. The van der Waals surface area contributed by atoms with Gasteiger partial charge in [-0.05, 0) is 43.4 Å². The molecule has 0 spiro atoms. The van der Waals surface area contributed by atoms with E-state index >= 15 is 0 Å². The van der Waals surface area contributed by atoms with E-state index in [9.17, 15) is 4.79 Å². The van der Waals surface area contributed by atoms with Gasteiger partial charge < -0.3 is 10.6 Å². The number of carbonyl (C=O) groups excluding carboxylic acids is 1. The largest absolute Gasteiger partial charge is 0.350 e. The third kappa shape index (κ3) is 2.97. The first-order chi connectivity index (χ1) is 7.36. The lowest BCUT2D eigenvalue weighted by Gasteiger charge is -2.22. The van der Waals surface area contributed by atoms with Crippen LogP contribution in [-0.4, -0.2) is 35.1 Å². The summed E-state index contributed by atoms with van der Waals surface area (Å²) < 4.78 is 3.66. The molecule has 0 radical (unpaired) electrons. The normalized spacial score (nSPS) is 17.6. The van der Waals surface area contributed by atoms with Crippen molar-refractivity contribution in [1.82, 2.24) is 20.2 Å². The minimum atomic E-state index is -0.109. The van der Waals surface area contributed by atoms with Gasteiger partial charge in [-0.15, -0.1) is 5.10 Å². The number of aromatic nitrogens is 2. The van der Waals surface area contributed by atoms with Crippen molar-refractivity contribution in [1.29, 1.82) is 0 Å². The highest BCUT2D eigenvalue weighted by molar-refractivity contribution is 7.03. The Balaban J connectivity index is 1.75. The maximum Gasteiger partial charge on any atom is 0.272 e. The molecule has 2 heterocycles. The second-order valence-corrected chi connectivity index (χ2v) is 4.30. The number of nitrogens with zero attached hydrogens (tertiary/aromatic N) is 2. The molecule has 1 aromatic rings. The lowest BCUT2D eigenvalue weighted by atomic mass is 9.98. The van der Waals surface area contributed by atoms with Gasteiger partial charge in [0.2, 0.25) is 0 Å². The van der Waals surface area contributed by atoms with Crippen molar-refractivity contribution in [2.45, 2.75) is 12.8 Å². The number of rotatable bonds is 3. The van der Waals surface area contributed by atoms with Crippen LogP contribution in [0.2, 0.25) is 0 Å². The number of carbonyl (C=O) groups is 1. The molecule has 2 N–H and O–H groups in total. The summed E-state index contributed by atoms with van der Waals surface area (Å²) in [7, 11) is 0. The van der Waals surface area contributed by atoms with Crippen molar-refractivity contribution in [2.75, 3.05) is 19.6 Å². The summed E-state index contributed by atoms with van der Waals surface area (Å²) in [4.78, 5) is 11.5. The second kappa shape index (κ2) is 5.18. The number of nitrogens with one attached hydrogen (secondary N) is 2. The van der Waals surface area contributed by atoms with Crippen LogP contribution in [0.5, 0.6) is 0 Å². The zero-order chi connectivity index (χ0) is 10.5. The summed E-state index contributed by atoms with van der Waals surface area (Å²) in [6, 6.07) is 0. The molecule has 5 nitrogen and oxygen atoms in total. The van der Waals surface area contributed by atoms with Gasteiger partial charge in [-0.3, -0.25) is 4.79 Å². The SMILES string of the molecule is O=C(NCC1CCNCC1)c1csnn1. The monoisotopic (exact) mass is 226 g/mol. The molecule has 1 aliphatic rings. The zero-order valence-electron chi connectivity index (χ0n) is 8.40. The molecule has 0 unspecified atom stereocenters. The van der Waals surface area contributed by atoms with Crippen LogP contribution in [0.3, 0.4) is 0 Å². The fourth-order valence-corrected chi connectivity index (χ4v) is 2.11. The average molecular weight is 226 g/mol. The van der Waals surface area contributed by atoms with E-state index < -0.39 is 0 Å². The van der Waals surface area contributed by atoms with E-state index in [1.54, 1.807) is 5.38 Å². The van der Waals surface area contributed by atoms with E-state index in [1.165, 1.54) is 11.5 Å². The summed E-state index contributed by atoms with van der Waals surface area (Å²) in [5.74, 6) is 0.490. The molecule has 15 heavy (non-hydrogen) atoms. The minimum absolute atomic E-state index is 0.109. The molecule has 1 aromatic heterocycles. The number of hydrogen-bond donors (Lipinski definition) is 2. The molecule has 0 saturated carbocycles. The fraction of sp³-hybridized carbons (Fsp3) is 0.667. The molecule has 1 amide bonds. The van der Waals surface area contributed by atoms with E-state index in [2.05, 4.69) is 20.2 Å². The van der Waals surface area contributed by atoms with Gasteiger partial charge in [0.1, 0.15) is 0 Å². The summed E-state index contributed by atoms with van der Waals surface area (Å²) in [6.07, 6.45) is 2.27. The molecule has 1 saturated heterocycles. The van der Waals surface area contributed by atoms with E-state index in [4.69, 9.17) is 0 Å². The Bertz CT molecular complexity index is 308. The molecule has 82 valence electrons. The standard InChI is InChI=1S/C9H14N4OS/c14-9(8-6-15-13-12-8)11-5-7-1-3-10-4-2-7/h6-7,10H,1-5H2,(H,11,14). The first kappa shape index (κ1) is 10.5. The number of amides is 1. The predicted octanol–water partition coefficient (Wildman–Crippen LogP) is 0.268. The summed E-state index contributed by atoms with van der Waals surface area (Å²) in [6.45, 7) is 2.86. The molecule has 0 aliphatic carbocycles. The van der Waals surface area contributed by atoms with Gasteiger partial charge in [0.15, 0.2) is 5.69 Å². The third-order valence-corrected chi connectivity index (χ3v) is 3.11. The molecule has 1 aliphatic heterocycles. The van der Waals surface area contributed by atoms with Crippen LogP contribution >= 0.6 is 11.5 Å². The van der Waals surface area contributed by atoms with Crippen molar-refractivity contribution in [3.63, 3.8) is 0 Å². The van der Waals surface area contributed by atoms with Crippen LogP contribution in [-0.2, 0) is 0 Å². The Morgan fingerprint density at radius 2 is 2.40 bits per heavy atom. The first-order valence-corrected chi connectivity index (χ1v) is 5.96. The van der Waals surface area contributed by atoms with Gasteiger partial charge in [-0.1, -0.05) is 4.49 Å². The lowest BCUT2D eigenvalue weighted by molar-refractivity contribution is 0.0939. The molecular weight excluding hydrogens is 212 g/mol. The smallest absolute Gasteiger partial charge is 0.272 e. The van der Waals surface area contributed by atoms with Crippen molar-refractivity contribution in [2.24, 2.45) is 5.92 Å². The fourth-order valence-electron chi connectivity index (χ4n) is 1.68. The summed E-state index contributed by atoms with van der Waals surface area (Å²) >= 11 is 1.20. The second-order valence-electron chi connectivity index (χ2n) is 3.69. The number of piperidine rings is 1. The van der Waals surface area contributed by atoms with Crippen LogP contribution in [0.15, 0.2) is 5.38 Å². The molecule has 1 fully saturated rings. The Kier molecular flexibility index (Phi) is 3.63. The Morgan fingerprint density at radius 3 is 3.07 bits per heavy atom. The topological polar surface area (TPSA) is 66.9 Å². The lowest BCUT2D eigenvalue weighted by Crippen LogP contribution is -2.36. The highest BCUT2D eigenvalue weighted by Crippen LogP contribution is 2.10. The number of hydrogen-bond acceptors (Lipinski definition) is 5. The maximum absolute atomic E-state index is 11.5. The van der Waals surface area contributed by atoms with Gasteiger partial charge in [0, 0.05) is 11.9 Å².